The summed E-state index contributed by atoms with van der Waals surface area (Å²) in [6, 6.07) is 10.7. The first-order valence-corrected chi connectivity index (χ1v) is 9.55. The van der Waals surface area contributed by atoms with Crippen LogP contribution in [-0.2, 0) is 4.79 Å². The molecule has 140 valence electrons. The Morgan fingerprint density at radius 3 is 2.78 bits per heavy atom. The molecule has 7 heteroatoms. The van der Waals surface area contributed by atoms with E-state index < -0.39 is 5.91 Å². The van der Waals surface area contributed by atoms with Gasteiger partial charge in [0.1, 0.15) is 11.6 Å². The van der Waals surface area contributed by atoms with Gasteiger partial charge in [0, 0.05) is 10.7 Å². The maximum absolute atomic E-state index is 12.5. The number of amides is 1. The Morgan fingerprint density at radius 1 is 1.41 bits per heavy atom. The van der Waals surface area contributed by atoms with Gasteiger partial charge in [0.15, 0.2) is 11.5 Å². The third-order valence-corrected chi connectivity index (χ3v) is 4.94. The molecule has 0 radical (unpaired) electrons. The Bertz CT molecular complexity index is 936. The summed E-state index contributed by atoms with van der Waals surface area (Å²) in [6.07, 6.45) is 1.51. The van der Waals surface area contributed by atoms with E-state index in [0.29, 0.717) is 34.4 Å². The molecule has 0 heterocycles. The Hall–Kier alpha value is -2.24. The SMILES string of the molecule is CCOc1cc(/C=C(\C#N)C(=O)Nc2cccc(Cl)c2C)cc(I)c1OC. The zero-order valence-electron chi connectivity index (χ0n) is 15.1. The number of carbonyl (C=O) groups is 1. The van der Waals surface area contributed by atoms with Gasteiger partial charge in [-0.1, -0.05) is 17.7 Å². The van der Waals surface area contributed by atoms with Crippen LogP contribution in [0.25, 0.3) is 6.08 Å². The monoisotopic (exact) mass is 496 g/mol. The lowest BCUT2D eigenvalue weighted by Gasteiger charge is -2.12. The van der Waals surface area contributed by atoms with Crippen molar-refractivity contribution in [1.29, 1.82) is 5.26 Å². The molecule has 2 rings (SSSR count). The standard InChI is InChI=1S/C20H18ClIN2O3/c1-4-27-18-10-13(9-16(22)19(18)26-3)8-14(11-23)20(25)24-17-7-5-6-15(21)12(17)2/h5-10H,4H2,1-3H3,(H,24,25)/b14-8+. The van der Waals surface area contributed by atoms with Gasteiger partial charge in [-0.3, -0.25) is 4.79 Å². The van der Waals surface area contributed by atoms with Crippen molar-refractivity contribution in [2.45, 2.75) is 13.8 Å². The minimum absolute atomic E-state index is 0.0298. The van der Waals surface area contributed by atoms with Crippen molar-refractivity contribution in [3.05, 3.63) is 55.6 Å². The van der Waals surface area contributed by atoms with Gasteiger partial charge in [-0.25, -0.2) is 0 Å². The maximum Gasteiger partial charge on any atom is 0.266 e. The number of carbonyl (C=O) groups excluding carboxylic acids is 1. The fraction of sp³-hybridized carbons (Fsp3) is 0.200. The van der Waals surface area contributed by atoms with Gasteiger partial charge in [-0.05, 0) is 77.9 Å². The lowest BCUT2D eigenvalue weighted by atomic mass is 10.1. The number of hydrogen-bond donors (Lipinski definition) is 1. The van der Waals surface area contributed by atoms with Gasteiger partial charge in [-0.15, -0.1) is 0 Å². The topological polar surface area (TPSA) is 71.3 Å². The van der Waals surface area contributed by atoms with Crippen molar-refractivity contribution in [2.24, 2.45) is 0 Å². The summed E-state index contributed by atoms with van der Waals surface area (Å²) in [5.74, 6) is 0.667. The molecule has 0 aliphatic carbocycles. The van der Waals surface area contributed by atoms with Crippen LogP contribution in [0.1, 0.15) is 18.1 Å². The molecule has 0 atom stereocenters. The zero-order chi connectivity index (χ0) is 20.0. The summed E-state index contributed by atoms with van der Waals surface area (Å²) in [5, 5.41) is 12.7. The molecule has 2 aromatic rings. The highest BCUT2D eigenvalue weighted by molar-refractivity contribution is 14.1. The van der Waals surface area contributed by atoms with Crippen molar-refractivity contribution in [2.75, 3.05) is 19.0 Å². The highest BCUT2D eigenvalue weighted by atomic mass is 127. The summed E-state index contributed by atoms with van der Waals surface area (Å²) in [5.41, 5.74) is 1.94. The second-order valence-electron chi connectivity index (χ2n) is 5.50. The van der Waals surface area contributed by atoms with Crippen molar-refractivity contribution in [3.63, 3.8) is 0 Å². The lowest BCUT2D eigenvalue weighted by molar-refractivity contribution is -0.112. The van der Waals surface area contributed by atoms with Crippen LogP contribution in [0.15, 0.2) is 35.9 Å². The molecule has 2 aromatic carbocycles. The minimum Gasteiger partial charge on any atom is -0.492 e. The Morgan fingerprint density at radius 2 is 2.15 bits per heavy atom. The first kappa shape index (κ1) is 21.1. The minimum atomic E-state index is -0.508. The van der Waals surface area contributed by atoms with Gasteiger partial charge >= 0.3 is 0 Å². The highest BCUT2D eigenvalue weighted by Gasteiger charge is 2.14. The second-order valence-corrected chi connectivity index (χ2v) is 7.07. The first-order chi connectivity index (χ1) is 12.9. The number of rotatable bonds is 6. The predicted octanol–water partition coefficient (Wildman–Crippen LogP) is 5.21. The second kappa shape index (κ2) is 9.62. The summed E-state index contributed by atoms with van der Waals surface area (Å²) < 4.78 is 11.8. The molecule has 0 aliphatic heterocycles. The van der Waals surface area contributed by atoms with E-state index in [1.165, 1.54) is 6.08 Å². The molecule has 5 nitrogen and oxygen atoms in total. The molecule has 1 amide bonds. The van der Waals surface area contributed by atoms with E-state index in [2.05, 4.69) is 27.9 Å². The Labute approximate surface area is 177 Å². The number of methoxy groups -OCH3 is 1. The highest BCUT2D eigenvalue weighted by Crippen LogP contribution is 2.34. The van der Waals surface area contributed by atoms with Crippen molar-refractivity contribution in [3.8, 4) is 17.6 Å². The number of nitriles is 1. The van der Waals surface area contributed by atoms with Crippen LogP contribution >= 0.6 is 34.2 Å². The summed E-state index contributed by atoms with van der Waals surface area (Å²) >= 11 is 8.20. The summed E-state index contributed by atoms with van der Waals surface area (Å²) in [6.45, 7) is 4.14. The molecule has 0 spiro atoms. The molecule has 0 fully saturated rings. The molecule has 0 unspecified atom stereocenters. The van der Waals surface area contributed by atoms with Crippen LogP contribution in [0, 0.1) is 21.8 Å². The molecule has 0 aliphatic rings. The van der Waals surface area contributed by atoms with E-state index in [-0.39, 0.29) is 5.57 Å². The van der Waals surface area contributed by atoms with Crippen LogP contribution in [0.4, 0.5) is 5.69 Å². The predicted molar refractivity (Wildman–Crippen MR) is 115 cm³/mol. The maximum atomic E-state index is 12.5. The average Bonchev–Trinajstić information content (AvgIpc) is 2.63. The number of nitrogens with one attached hydrogen (secondary N) is 1. The normalized spacial score (nSPS) is 10.9. The molecule has 0 bridgehead atoms. The van der Waals surface area contributed by atoms with E-state index >= 15 is 0 Å². The van der Waals surface area contributed by atoms with E-state index in [9.17, 15) is 10.1 Å². The van der Waals surface area contributed by atoms with Crippen molar-refractivity contribution < 1.29 is 14.3 Å². The molecular formula is C20H18ClIN2O3. The molecule has 1 N–H and O–H groups in total. The van der Waals surface area contributed by atoms with Gasteiger partial charge in [0.25, 0.3) is 5.91 Å². The Kier molecular flexibility index (Phi) is 7.51. The van der Waals surface area contributed by atoms with Gasteiger partial charge in [-0.2, -0.15) is 5.26 Å². The fourth-order valence-electron chi connectivity index (χ4n) is 2.38. The van der Waals surface area contributed by atoms with Gasteiger partial charge in [0.05, 0.1) is 17.3 Å². The third kappa shape index (κ3) is 5.15. The average molecular weight is 497 g/mol. The van der Waals surface area contributed by atoms with E-state index in [1.54, 1.807) is 38.3 Å². The Balaban J connectivity index is 2.36. The van der Waals surface area contributed by atoms with E-state index in [0.717, 1.165) is 9.13 Å². The molecule has 27 heavy (non-hydrogen) atoms. The largest absolute Gasteiger partial charge is 0.492 e. The number of benzene rings is 2. The van der Waals surface area contributed by atoms with Gasteiger partial charge < -0.3 is 14.8 Å². The summed E-state index contributed by atoms with van der Waals surface area (Å²) in [4.78, 5) is 12.5. The van der Waals surface area contributed by atoms with Crippen molar-refractivity contribution in [1.82, 2.24) is 0 Å². The number of ether oxygens (including phenoxy) is 2. The van der Waals surface area contributed by atoms with Crippen LogP contribution < -0.4 is 14.8 Å². The van der Waals surface area contributed by atoms with Crippen LogP contribution in [0.3, 0.4) is 0 Å². The van der Waals surface area contributed by atoms with Crippen LogP contribution in [0.5, 0.6) is 11.5 Å². The number of anilines is 1. The summed E-state index contributed by atoms with van der Waals surface area (Å²) in [7, 11) is 1.57. The smallest absolute Gasteiger partial charge is 0.266 e. The lowest BCUT2D eigenvalue weighted by Crippen LogP contribution is -2.14. The first-order valence-electron chi connectivity index (χ1n) is 8.09. The number of hydrogen-bond acceptors (Lipinski definition) is 4. The third-order valence-electron chi connectivity index (χ3n) is 3.73. The molecule has 0 saturated heterocycles. The molecular weight excluding hydrogens is 479 g/mol. The quantitative estimate of drug-likeness (QED) is 0.339. The van der Waals surface area contributed by atoms with Crippen LogP contribution in [-0.4, -0.2) is 19.6 Å². The van der Waals surface area contributed by atoms with Crippen molar-refractivity contribution >= 4 is 51.9 Å². The van der Waals surface area contributed by atoms with E-state index in [1.807, 2.05) is 19.1 Å². The molecule has 0 aromatic heterocycles. The molecule has 0 saturated carbocycles. The van der Waals surface area contributed by atoms with Crippen LogP contribution in [0.2, 0.25) is 5.02 Å². The van der Waals surface area contributed by atoms with E-state index in [4.69, 9.17) is 21.1 Å². The van der Waals surface area contributed by atoms with Gasteiger partial charge in [0.2, 0.25) is 0 Å². The number of halogens is 2. The fourth-order valence-corrected chi connectivity index (χ4v) is 3.40. The number of nitrogens with zero attached hydrogens (tertiary/aromatic N) is 1. The zero-order valence-corrected chi connectivity index (χ0v) is 18.0.